The summed E-state index contributed by atoms with van der Waals surface area (Å²) in [6.07, 6.45) is 4.27. The number of nitrogens with one attached hydrogen (secondary N) is 25. The summed E-state index contributed by atoms with van der Waals surface area (Å²) in [6, 6.07) is 5.39. The monoisotopic (exact) mass is 1740 g/mol. The molecule has 11 atom stereocenters. The Balaban J connectivity index is 1.37. The van der Waals surface area contributed by atoms with Gasteiger partial charge in [-0.1, -0.05) is 82.3 Å². The molecule has 40 N–H and O–H groups in total. The molecule has 3 heterocycles. The molecule has 0 fully saturated rings. The maximum atomic E-state index is 15.6. The number of rotatable bonds is 55. The number of para-hydroxylation sites is 3. The predicted octanol–water partition coefficient (Wildman–Crippen LogP) is -2.91. The van der Waals surface area contributed by atoms with Gasteiger partial charge in [0.2, 0.25) is 59.1 Å². The number of fused-ring (bicyclic) bond motifs is 3. The molecule has 6 rings (SSSR count). The molecule has 0 saturated carbocycles. The molecular formula is C81H126N32O12. The van der Waals surface area contributed by atoms with Crippen LogP contribution in [0.15, 0.2) is 91.4 Å². The molecule has 44 heteroatoms. The van der Waals surface area contributed by atoms with Crippen LogP contribution >= 0.6 is 0 Å². The van der Waals surface area contributed by atoms with Gasteiger partial charge < -0.3 is 145 Å². The Morgan fingerprint density at radius 1 is 0.304 bits per heavy atom. The van der Waals surface area contributed by atoms with E-state index in [1.54, 1.807) is 93.1 Å². The van der Waals surface area contributed by atoms with Gasteiger partial charge in [-0.05, 0) is 137 Å². The zero-order valence-corrected chi connectivity index (χ0v) is 70.9. The van der Waals surface area contributed by atoms with E-state index in [-0.39, 0.29) is 166 Å². The van der Waals surface area contributed by atoms with E-state index in [1.807, 2.05) is 26.0 Å². The van der Waals surface area contributed by atoms with Crippen molar-refractivity contribution in [3.05, 3.63) is 108 Å². The topological polar surface area (TPSA) is 773 Å². The number of carbonyl (C=O) groups is 11. The lowest BCUT2D eigenvalue weighted by atomic mass is 9.99. The third-order valence-electron chi connectivity index (χ3n) is 20.3. The molecule has 44 nitrogen and oxygen atoms in total. The van der Waals surface area contributed by atoms with Gasteiger partial charge in [-0.2, -0.15) is 0 Å². The van der Waals surface area contributed by atoms with Crippen LogP contribution in [-0.2, 0) is 72.0 Å². The minimum Gasteiger partial charge on any atom is -0.480 e. The van der Waals surface area contributed by atoms with E-state index in [1.165, 1.54) is 0 Å². The highest BCUT2D eigenvalue weighted by atomic mass is 16.4. The van der Waals surface area contributed by atoms with Gasteiger partial charge in [-0.15, -0.1) is 0 Å². The zero-order valence-electron chi connectivity index (χ0n) is 70.9. The summed E-state index contributed by atoms with van der Waals surface area (Å²) >= 11 is 0. The first-order valence-electron chi connectivity index (χ1n) is 41.6. The van der Waals surface area contributed by atoms with Crippen molar-refractivity contribution >= 4 is 134 Å². The van der Waals surface area contributed by atoms with Crippen LogP contribution in [-0.4, -0.2) is 227 Å². The molecule has 0 aliphatic rings. The maximum Gasteiger partial charge on any atom is 0.326 e. The second-order valence-corrected chi connectivity index (χ2v) is 31.4. The fourth-order valence-electron chi connectivity index (χ4n) is 14.0. The second-order valence-electron chi connectivity index (χ2n) is 31.4. The van der Waals surface area contributed by atoms with Gasteiger partial charge in [0.05, 0.1) is 6.04 Å². The molecule has 682 valence electrons. The van der Waals surface area contributed by atoms with Crippen LogP contribution in [0.4, 0.5) is 0 Å². The molecule has 0 bridgehead atoms. The van der Waals surface area contributed by atoms with Gasteiger partial charge in [0.25, 0.3) is 0 Å². The minimum atomic E-state index is -1.63. The first-order valence-corrected chi connectivity index (χ1v) is 41.6. The summed E-state index contributed by atoms with van der Waals surface area (Å²) in [5.74, 6) is -12.9. The normalized spacial score (nSPS) is 13.8. The lowest BCUT2D eigenvalue weighted by Gasteiger charge is -2.29. The van der Waals surface area contributed by atoms with E-state index >= 15 is 33.6 Å². The fourth-order valence-corrected chi connectivity index (χ4v) is 14.0. The van der Waals surface area contributed by atoms with Crippen molar-refractivity contribution in [3.63, 3.8) is 0 Å². The van der Waals surface area contributed by atoms with Gasteiger partial charge in [-0.3, -0.25) is 80.4 Å². The molecule has 10 amide bonds. The largest absolute Gasteiger partial charge is 0.480 e. The smallest absolute Gasteiger partial charge is 0.326 e. The number of carboxylic acids is 1. The van der Waals surface area contributed by atoms with Crippen molar-refractivity contribution < 1.29 is 57.8 Å². The van der Waals surface area contributed by atoms with Crippen molar-refractivity contribution in [3.8, 4) is 0 Å². The van der Waals surface area contributed by atoms with E-state index < -0.39 is 155 Å². The van der Waals surface area contributed by atoms with E-state index in [9.17, 15) is 24.3 Å². The number of amides is 10. The van der Waals surface area contributed by atoms with E-state index in [4.69, 9.17) is 72.6 Å². The molecule has 0 unspecified atom stereocenters. The highest BCUT2D eigenvalue weighted by Gasteiger charge is 2.38. The Morgan fingerprint density at radius 2 is 0.512 bits per heavy atom. The summed E-state index contributed by atoms with van der Waals surface area (Å²) in [4.78, 5) is 172. The molecule has 0 radical (unpaired) electrons. The number of H-pyrrole nitrogens is 3. The van der Waals surface area contributed by atoms with E-state index in [0.717, 1.165) is 0 Å². The number of guanidine groups is 6. The quantitative estimate of drug-likeness (QED) is 0.0103. The van der Waals surface area contributed by atoms with Gasteiger partial charge in [-0.25, -0.2) is 4.79 Å². The standard InChI is InChI=1S/C81H126N32O12/c1-43(2)35-60(109-65(114)51(82)20-11-29-95-76(83)84)71(120)113-63(38-46-41-102-53-22-9-6-18-49(46)53)73(122)107-56(25-13-31-97-78(87)88)67(116)104-57(26-14-32-98-79(89)90)68(117)111-62(37-45-40-101-52-21-8-5-17-48(45)52)72(121)106-55(24-12-30-96-77(85)86)66(115)105-58(27-15-33-99-80(91)92)69(118)112-64(39-47-42-103-54-23-10-7-19-50(47)54)74(123)110-61(36-44(3)4)70(119)108-59(75(124)125)28-16-34-100-81(93)94/h5-10,17-19,21-23,40-44,51,55-64,101-103H,11-16,20,24-39,82H2,1-4H3,(H,104,116)(H,105,115)(H,106,121)(H,107,122)(H,108,119)(H,109,114)(H,110,123)(H,111,117)(H,112,118)(H,113,120)(H,124,125)(H4,83,84,95)(H4,85,86,96)(H4,87,88,97)(H4,89,90,98)(H4,91,92,99)(H4,93,94,100)/t51-,55-,56-,57-,58-,59-,60-,61-,62-,63-,64-/m1/s1. The molecule has 0 spiro atoms. The number of aromatic amines is 3. The SMILES string of the molecule is CC(C)C[C@@H](NC(=O)[C@H](N)CCCNC(=N)N)C(=O)N[C@H](Cc1c[nH]c2ccccc12)C(=O)N[C@H](CCCNC(=N)N)C(=O)N[C@H](CCCNC(=N)N)C(=O)N[C@H](Cc1c[nH]c2ccccc12)C(=O)N[C@H](CCCNC(=N)N)C(=O)N[C@H](CCCNC(=N)N)C(=O)N[C@H](Cc1c[nH]c2ccccc12)C(=O)N[C@H](CC(C)C)C(=O)N[C@H](CCCNC(=N)N)C(=O)O. The average molecular weight is 1740 g/mol. The molecule has 0 saturated heterocycles. The lowest BCUT2D eigenvalue weighted by Crippen LogP contribution is -2.61. The third kappa shape index (κ3) is 34.8. The molecule has 3 aromatic carbocycles. The maximum absolute atomic E-state index is 15.6. The second kappa shape index (κ2) is 51.1. The van der Waals surface area contributed by atoms with E-state index in [0.29, 0.717) is 55.8 Å². The highest BCUT2D eigenvalue weighted by Crippen LogP contribution is 2.24. The van der Waals surface area contributed by atoms with Crippen molar-refractivity contribution in [1.29, 1.82) is 32.5 Å². The number of aromatic nitrogens is 3. The van der Waals surface area contributed by atoms with Crippen LogP contribution in [0, 0.1) is 44.3 Å². The number of hydrogen-bond donors (Lipinski definition) is 33. The summed E-state index contributed by atoms with van der Waals surface area (Å²) in [7, 11) is 0. The van der Waals surface area contributed by atoms with Crippen LogP contribution in [0.3, 0.4) is 0 Å². The number of carbonyl (C=O) groups excluding carboxylic acids is 10. The number of carboxylic acid groups (broad SMARTS) is 1. The van der Waals surface area contributed by atoms with Crippen LogP contribution in [0.2, 0.25) is 0 Å². The fraction of sp³-hybridized carbons (Fsp3) is 0.494. The Labute approximate surface area is 723 Å². The average Bonchev–Trinajstić information content (AvgIpc) is 1.71. The lowest BCUT2D eigenvalue weighted by molar-refractivity contribution is -0.142. The Morgan fingerprint density at radius 3 is 0.768 bits per heavy atom. The molecule has 0 aliphatic carbocycles. The minimum absolute atomic E-state index is 0.00306. The summed E-state index contributed by atoms with van der Waals surface area (Å²) in [5, 5.41) is 102. The first kappa shape index (κ1) is 99.8. The van der Waals surface area contributed by atoms with Crippen LogP contribution < -0.4 is 125 Å². The summed E-state index contributed by atoms with van der Waals surface area (Å²) < 4.78 is 0. The van der Waals surface area contributed by atoms with Crippen molar-refractivity contribution in [2.45, 2.75) is 203 Å². The Hall–Kier alpha value is -14.0. The van der Waals surface area contributed by atoms with Crippen molar-refractivity contribution in [1.82, 2.24) is 100 Å². The predicted molar refractivity (Wildman–Crippen MR) is 475 cm³/mol. The Bertz CT molecular complexity index is 4700. The number of hydrogen-bond acceptors (Lipinski definition) is 18. The molecule has 0 aliphatic heterocycles. The first-order chi connectivity index (χ1) is 59.5. The van der Waals surface area contributed by atoms with Crippen LogP contribution in [0.1, 0.15) is 134 Å². The van der Waals surface area contributed by atoms with Gasteiger partial charge in [0.1, 0.15) is 60.4 Å². The highest BCUT2D eigenvalue weighted by molar-refractivity contribution is 6.00. The van der Waals surface area contributed by atoms with E-state index in [2.05, 4.69) is 100 Å². The van der Waals surface area contributed by atoms with Gasteiger partial charge >= 0.3 is 5.97 Å². The zero-order chi connectivity index (χ0) is 91.8. The summed E-state index contributed by atoms with van der Waals surface area (Å²) in [6.45, 7) is 7.57. The van der Waals surface area contributed by atoms with Gasteiger partial charge in [0.15, 0.2) is 35.8 Å². The van der Waals surface area contributed by atoms with Crippen LogP contribution in [0.25, 0.3) is 32.7 Å². The number of benzene rings is 3. The molecule has 6 aromatic rings. The van der Waals surface area contributed by atoms with Crippen LogP contribution in [0.5, 0.6) is 0 Å². The number of aliphatic carboxylic acids is 1. The Kier molecular flexibility index (Phi) is 40.8. The van der Waals surface area contributed by atoms with Crippen molar-refractivity contribution in [2.24, 2.45) is 52.0 Å². The van der Waals surface area contributed by atoms with Crippen molar-refractivity contribution in [2.75, 3.05) is 39.3 Å². The molecular weight excluding hydrogens is 1610 g/mol. The number of nitrogens with two attached hydrogens (primary N) is 7. The molecule has 125 heavy (non-hydrogen) atoms. The summed E-state index contributed by atoms with van der Waals surface area (Å²) in [5.41, 5.74) is 43.4. The third-order valence-corrected chi connectivity index (χ3v) is 20.3. The van der Waals surface area contributed by atoms with Gasteiger partial charge in [0, 0.05) is 110 Å². The molecule has 3 aromatic heterocycles.